The standard InChI is InChI=1S/C20H29N3O/c1-16-8-10-21(11-9-16)18-4-6-19(7-5-18)22-12-14-23(15-13-22)20(24)17-2-3-17/h4-7,16-17H,2-3,8-15H2,1H3. The van der Waals surface area contributed by atoms with Crippen LogP contribution in [0.25, 0.3) is 0 Å². The number of hydrogen-bond acceptors (Lipinski definition) is 3. The van der Waals surface area contributed by atoms with Gasteiger partial charge in [-0.15, -0.1) is 0 Å². The van der Waals surface area contributed by atoms with Crippen LogP contribution in [0.15, 0.2) is 24.3 Å². The Morgan fingerprint density at radius 1 is 0.792 bits per heavy atom. The molecule has 2 saturated heterocycles. The van der Waals surface area contributed by atoms with Gasteiger partial charge < -0.3 is 14.7 Å². The first-order valence-corrected chi connectivity index (χ1v) is 9.59. The fourth-order valence-corrected chi connectivity index (χ4v) is 3.91. The van der Waals surface area contributed by atoms with Gasteiger partial charge in [0.25, 0.3) is 0 Å². The number of benzene rings is 1. The van der Waals surface area contributed by atoms with Crippen molar-refractivity contribution in [2.24, 2.45) is 11.8 Å². The van der Waals surface area contributed by atoms with Crippen LogP contribution in [0.4, 0.5) is 11.4 Å². The predicted molar refractivity (Wildman–Crippen MR) is 98.6 cm³/mol. The topological polar surface area (TPSA) is 26.8 Å². The van der Waals surface area contributed by atoms with Gasteiger partial charge in [0.15, 0.2) is 0 Å². The highest BCUT2D eigenvalue weighted by Gasteiger charge is 2.34. The highest BCUT2D eigenvalue weighted by atomic mass is 16.2. The molecule has 0 aromatic heterocycles. The van der Waals surface area contributed by atoms with E-state index >= 15 is 0 Å². The van der Waals surface area contributed by atoms with Gasteiger partial charge in [-0.05, 0) is 55.9 Å². The van der Waals surface area contributed by atoms with Gasteiger partial charge in [-0.25, -0.2) is 0 Å². The molecule has 2 aliphatic heterocycles. The third-order valence-corrected chi connectivity index (χ3v) is 5.88. The van der Waals surface area contributed by atoms with Crippen molar-refractivity contribution in [3.05, 3.63) is 24.3 Å². The maximum atomic E-state index is 12.1. The van der Waals surface area contributed by atoms with Crippen molar-refractivity contribution in [2.45, 2.75) is 32.6 Å². The van der Waals surface area contributed by atoms with Gasteiger partial charge in [0, 0.05) is 56.6 Å². The van der Waals surface area contributed by atoms with Crippen molar-refractivity contribution in [1.29, 1.82) is 0 Å². The minimum Gasteiger partial charge on any atom is -0.372 e. The fraction of sp³-hybridized carbons (Fsp3) is 0.650. The molecule has 2 heterocycles. The molecular formula is C20H29N3O. The molecule has 4 rings (SSSR count). The molecule has 1 saturated carbocycles. The molecule has 0 spiro atoms. The predicted octanol–water partition coefficient (Wildman–Crippen LogP) is 2.98. The summed E-state index contributed by atoms with van der Waals surface area (Å²) >= 11 is 0. The average molecular weight is 327 g/mol. The first-order valence-electron chi connectivity index (χ1n) is 9.59. The number of hydrogen-bond donors (Lipinski definition) is 0. The van der Waals surface area contributed by atoms with Gasteiger partial charge in [-0.2, -0.15) is 0 Å². The molecule has 1 aromatic rings. The zero-order valence-corrected chi connectivity index (χ0v) is 14.8. The van der Waals surface area contributed by atoms with E-state index in [1.165, 1.54) is 37.3 Å². The Bertz CT molecular complexity index is 565. The Balaban J connectivity index is 1.33. The minimum absolute atomic E-state index is 0.350. The minimum atomic E-state index is 0.350. The van der Waals surface area contributed by atoms with E-state index in [1.54, 1.807) is 0 Å². The summed E-state index contributed by atoms with van der Waals surface area (Å²) in [5, 5.41) is 0. The molecule has 4 heteroatoms. The van der Waals surface area contributed by atoms with Crippen molar-refractivity contribution < 1.29 is 4.79 Å². The van der Waals surface area contributed by atoms with Crippen LogP contribution in [0.3, 0.4) is 0 Å². The van der Waals surface area contributed by atoms with Crippen LogP contribution in [0.2, 0.25) is 0 Å². The first kappa shape index (κ1) is 15.8. The summed E-state index contributed by atoms with van der Waals surface area (Å²) in [5.41, 5.74) is 2.65. The SMILES string of the molecule is CC1CCN(c2ccc(N3CCN(C(=O)C4CC4)CC3)cc2)CC1. The lowest BCUT2D eigenvalue weighted by molar-refractivity contribution is -0.132. The lowest BCUT2D eigenvalue weighted by Gasteiger charge is -2.37. The highest BCUT2D eigenvalue weighted by Crippen LogP contribution is 2.32. The molecule has 130 valence electrons. The van der Waals surface area contributed by atoms with E-state index in [1.807, 2.05) is 0 Å². The largest absolute Gasteiger partial charge is 0.372 e. The third kappa shape index (κ3) is 3.38. The van der Waals surface area contributed by atoms with Crippen LogP contribution in [0.1, 0.15) is 32.6 Å². The molecule has 3 aliphatic rings. The number of amides is 1. The van der Waals surface area contributed by atoms with Gasteiger partial charge in [-0.1, -0.05) is 6.92 Å². The average Bonchev–Trinajstić information content (AvgIpc) is 3.47. The molecule has 4 nitrogen and oxygen atoms in total. The maximum absolute atomic E-state index is 12.1. The molecule has 0 N–H and O–H groups in total. The zero-order valence-electron chi connectivity index (χ0n) is 14.8. The third-order valence-electron chi connectivity index (χ3n) is 5.88. The van der Waals surface area contributed by atoms with Crippen molar-refractivity contribution in [3.63, 3.8) is 0 Å². The second-order valence-corrected chi connectivity index (χ2v) is 7.77. The molecule has 24 heavy (non-hydrogen) atoms. The van der Waals surface area contributed by atoms with Crippen LogP contribution in [-0.4, -0.2) is 50.1 Å². The Labute approximate surface area is 145 Å². The van der Waals surface area contributed by atoms with E-state index in [9.17, 15) is 4.79 Å². The molecular weight excluding hydrogens is 298 g/mol. The van der Waals surface area contributed by atoms with Gasteiger partial charge in [0.1, 0.15) is 0 Å². The van der Waals surface area contributed by atoms with Gasteiger partial charge >= 0.3 is 0 Å². The zero-order chi connectivity index (χ0) is 16.5. The Hall–Kier alpha value is -1.71. The second kappa shape index (κ2) is 6.66. The summed E-state index contributed by atoms with van der Waals surface area (Å²) in [4.78, 5) is 19.1. The lowest BCUT2D eigenvalue weighted by atomic mass is 9.99. The van der Waals surface area contributed by atoms with Gasteiger partial charge in [-0.3, -0.25) is 4.79 Å². The second-order valence-electron chi connectivity index (χ2n) is 7.77. The van der Waals surface area contributed by atoms with Crippen LogP contribution in [-0.2, 0) is 4.79 Å². The number of piperidine rings is 1. The van der Waals surface area contributed by atoms with Crippen LogP contribution < -0.4 is 9.80 Å². The molecule has 3 fully saturated rings. The molecule has 0 radical (unpaired) electrons. The van der Waals surface area contributed by atoms with Crippen molar-refractivity contribution in [1.82, 2.24) is 4.90 Å². The number of anilines is 2. The van der Waals surface area contributed by atoms with Gasteiger partial charge in [0.2, 0.25) is 5.91 Å². The summed E-state index contributed by atoms with van der Waals surface area (Å²) in [7, 11) is 0. The number of rotatable bonds is 3. The number of carbonyl (C=O) groups excluding carboxylic acids is 1. The molecule has 1 aliphatic carbocycles. The van der Waals surface area contributed by atoms with Crippen molar-refractivity contribution >= 4 is 17.3 Å². The number of carbonyl (C=O) groups is 1. The van der Waals surface area contributed by atoms with E-state index in [4.69, 9.17) is 0 Å². The molecule has 1 aromatic carbocycles. The molecule has 0 unspecified atom stereocenters. The Morgan fingerprint density at radius 3 is 1.79 bits per heavy atom. The van der Waals surface area contributed by atoms with E-state index in [0.717, 1.165) is 44.9 Å². The van der Waals surface area contributed by atoms with Crippen LogP contribution in [0.5, 0.6) is 0 Å². The summed E-state index contributed by atoms with van der Waals surface area (Å²) in [6, 6.07) is 9.05. The van der Waals surface area contributed by atoms with E-state index < -0.39 is 0 Å². The smallest absolute Gasteiger partial charge is 0.225 e. The molecule has 0 bridgehead atoms. The normalized spacial score (nSPS) is 22.8. The summed E-state index contributed by atoms with van der Waals surface area (Å²) in [5.74, 6) is 1.61. The van der Waals surface area contributed by atoms with Crippen molar-refractivity contribution in [3.8, 4) is 0 Å². The quantitative estimate of drug-likeness (QED) is 0.854. The maximum Gasteiger partial charge on any atom is 0.225 e. The summed E-state index contributed by atoms with van der Waals surface area (Å²) < 4.78 is 0. The van der Waals surface area contributed by atoms with E-state index in [2.05, 4.69) is 45.9 Å². The monoisotopic (exact) mass is 327 g/mol. The van der Waals surface area contributed by atoms with Crippen LogP contribution in [0, 0.1) is 11.8 Å². The fourth-order valence-electron chi connectivity index (χ4n) is 3.91. The Morgan fingerprint density at radius 2 is 1.29 bits per heavy atom. The Kier molecular flexibility index (Phi) is 4.38. The van der Waals surface area contributed by atoms with Gasteiger partial charge in [0.05, 0.1) is 0 Å². The lowest BCUT2D eigenvalue weighted by Crippen LogP contribution is -2.49. The van der Waals surface area contributed by atoms with Crippen molar-refractivity contribution in [2.75, 3.05) is 49.1 Å². The first-order chi connectivity index (χ1) is 11.7. The van der Waals surface area contributed by atoms with Crippen LogP contribution >= 0.6 is 0 Å². The summed E-state index contributed by atoms with van der Waals surface area (Å²) in [6.45, 7) is 8.39. The number of nitrogens with zero attached hydrogens (tertiary/aromatic N) is 3. The highest BCUT2D eigenvalue weighted by molar-refractivity contribution is 5.81. The van der Waals surface area contributed by atoms with E-state index in [0.29, 0.717) is 11.8 Å². The molecule has 0 atom stereocenters. The summed E-state index contributed by atoms with van der Waals surface area (Å²) in [6.07, 6.45) is 4.82. The van der Waals surface area contributed by atoms with E-state index in [-0.39, 0.29) is 0 Å². The number of piperazine rings is 1. The molecule has 1 amide bonds.